The molecule has 1 aromatic carbocycles. The normalized spacial score (nSPS) is 11.4. The van der Waals surface area contributed by atoms with Gasteiger partial charge in [-0.05, 0) is 5.56 Å². The van der Waals surface area contributed by atoms with Crippen molar-refractivity contribution in [1.29, 1.82) is 0 Å². The second-order valence-corrected chi connectivity index (χ2v) is 4.95. The van der Waals surface area contributed by atoms with Gasteiger partial charge in [0.25, 0.3) is 0 Å². The number of methoxy groups -OCH3 is 2. The zero-order chi connectivity index (χ0) is 10.4. The summed E-state index contributed by atoms with van der Waals surface area (Å²) in [6, 6.07) is 8.34. The second-order valence-electron chi connectivity index (χ2n) is 3.05. The molecule has 0 aromatic heterocycles. The first kappa shape index (κ1) is 11.2. The molecule has 76 valence electrons. The molecule has 3 heteroatoms. The Hall–Kier alpha value is -0.903. The Bertz CT molecular complexity index is 295. The lowest BCUT2D eigenvalue weighted by Gasteiger charge is -2.12. The van der Waals surface area contributed by atoms with Crippen LogP contribution in [0.25, 0.3) is 6.08 Å². The molecular formula is C11H16O2Si. The molecule has 1 aromatic rings. The zero-order valence-corrected chi connectivity index (χ0v) is 10.1. The fourth-order valence-electron chi connectivity index (χ4n) is 1.30. The van der Waals surface area contributed by atoms with Gasteiger partial charge in [-0.25, -0.2) is 0 Å². The predicted octanol–water partition coefficient (Wildman–Crippen LogP) is 0.700. The summed E-state index contributed by atoms with van der Waals surface area (Å²) < 4.78 is 10.4. The molecule has 0 N–H and O–H groups in total. The average Bonchev–Trinajstić information content (AvgIpc) is 2.26. The van der Waals surface area contributed by atoms with Crippen LogP contribution in [0.4, 0.5) is 0 Å². The molecule has 2 nitrogen and oxygen atoms in total. The lowest BCUT2D eigenvalue weighted by Crippen LogP contribution is -2.31. The summed E-state index contributed by atoms with van der Waals surface area (Å²) in [5, 5.41) is 1.33. The molecule has 0 amide bonds. The molecule has 0 saturated carbocycles. The van der Waals surface area contributed by atoms with E-state index in [1.165, 1.54) is 5.19 Å². The summed E-state index contributed by atoms with van der Waals surface area (Å²) in [5.74, 6) is -0.0323. The summed E-state index contributed by atoms with van der Waals surface area (Å²) in [4.78, 5) is 0. The van der Waals surface area contributed by atoms with Gasteiger partial charge in [0.1, 0.15) is 15.4 Å². The van der Waals surface area contributed by atoms with Gasteiger partial charge in [0.05, 0.1) is 0 Å². The first-order valence-corrected chi connectivity index (χ1v) is 6.09. The van der Waals surface area contributed by atoms with Crippen molar-refractivity contribution in [3.05, 3.63) is 36.4 Å². The van der Waals surface area contributed by atoms with E-state index in [4.69, 9.17) is 9.47 Å². The van der Waals surface area contributed by atoms with E-state index in [2.05, 4.69) is 18.7 Å². The minimum absolute atomic E-state index is 0.0323. The Kier molecular flexibility index (Phi) is 4.59. The second kappa shape index (κ2) is 5.75. The van der Waals surface area contributed by atoms with Crippen LogP contribution in [0.15, 0.2) is 30.8 Å². The molecule has 0 aliphatic carbocycles. The Balaban J connectivity index is 2.70. The summed E-state index contributed by atoms with van der Waals surface area (Å²) in [6.07, 6.45) is 1.85. The number of hydrogen-bond donors (Lipinski definition) is 0. The van der Waals surface area contributed by atoms with Crippen LogP contribution in [0.1, 0.15) is 5.56 Å². The summed E-state index contributed by atoms with van der Waals surface area (Å²) in [7, 11) is 2.84. The van der Waals surface area contributed by atoms with Crippen molar-refractivity contribution < 1.29 is 9.47 Å². The third-order valence-corrected chi connectivity index (χ3v) is 4.03. The predicted molar refractivity (Wildman–Crippen MR) is 62.5 cm³/mol. The lowest BCUT2D eigenvalue weighted by atomic mass is 10.2. The van der Waals surface area contributed by atoms with Crippen LogP contribution in [-0.2, 0) is 9.47 Å². The van der Waals surface area contributed by atoms with Crippen LogP contribution in [0.5, 0.6) is 0 Å². The molecule has 0 spiro atoms. The molecule has 0 heterocycles. The van der Waals surface area contributed by atoms with Crippen LogP contribution in [0, 0.1) is 0 Å². The number of benzene rings is 1. The molecule has 14 heavy (non-hydrogen) atoms. The fourth-order valence-corrected chi connectivity index (χ4v) is 2.65. The lowest BCUT2D eigenvalue weighted by molar-refractivity contribution is -0.0429. The molecule has 0 atom stereocenters. The smallest absolute Gasteiger partial charge is 0.139 e. The van der Waals surface area contributed by atoms with E-state index >= 15 is 0 Å². The quantitative estimate of drug-likeness (QED) is 0.524. The van der Waals surface area contributed by atoms with Crippen molar-refractivity contribution in [3.8, 4) is 0 Å². The molecule has 0 radical (unpaired) electrons. The van der Waals surface area contributed by atoms with Gasteiger partial charge in [0.2, 0.25) is 0 Å². The van der Waals surface area contributed by atoms with Crippen LogP contribution < -0.4 is 5.19 Å². The Morgan fingerprint density at radius 3 is 2.64 bits per heavy atom. The Morgan fingerprint density at radius 2 is 2.07 bits per heavy atom. The highest BCUT2D eigenvalue weighted by atomic mass is 28.2. The molecule has 0 aliphatic heterocycles. The first-order valence-electron chi connectivity index (χ1n) is 4.57. The third-order valence-electron chi connectivity index (χ3n) is 2.11. The van der Waals surface area contributed by atoms with Gasteiger partial charge in [-0.15, -0.1) is 0 Å². The summed E-state index contributed by atoms with van der Waals surface area (Å²) in [6.45, 7) is 3.74. The molecule has 0 bridgehead atoms. The summed E-state index contributed by atoms with van der Waals surface area (Å²) in [5.41, 5.74) is 1.15. The number of hydrogen-bond acceptors (Lipinski definition) is 2. The average molecular weight is 208 g/mol. The third kappa shape index (κ3) is 3.10. The Morgan fingerprint density at radius 1 is 1.36 bits per heavy atom. The zero-order valence-electron chi connectivity index (χ0n) is 8.69. The minimum Gasteiger partial charge on any atom is -0.360 e. The minimum atomic E-state index is -0.520. The SMILES string of the molecule is C=Cc1cccc([SiH2]C(OC)OC)c1. The Labute approximate surface area is 87.4 Å². The van der Waals surface area contributed by atoms with Gasteiger partial charge in [0.15, 0.2) is 0 Å². The van der Waals surface area contributed by atoms with Gasteiger partial charge in [-0.1, -0.05) is 42.1 Å². The molecular weight excluding hydrogens is 192 g/mol. The highest BCUT2D eigenvalue weighted by molar-refractivity contribution is 6.54. The number of ether oxygens (including phenoxy) is 2. The van der Waals surface area contributed by atoms with E-state index < -0.39 is 9.52 Å². The van der Waals surface area contributed by atoms with Crippen molar-refractivity contribution in [3.63, 3.8) is 0 Å². The highest BCUT2D eigenvalue weighted by Gasteiger charge is 2.06. The topological polar surface area (TPSA) is 18.5 Å². The van der Waals surface area contributed by atoms with E-state index in [1.54, 1.807) is 14.2 Å². The van der Waals surface area contributed by atoms with E-state index in [-0.39, 0.29) is 5.91 Å². The maximum absolute atomic E-state index is 5.19. The summed E-state index contributed by atoms with van der Waals surface area (Å²) >= 11 is 0. The van der Waals surface area contributed by atoms with Crippen LogP contribution >= 0.6 is 0 Å². The van der Waals surface area contributed by atoms with Crippen LogP contribution in [0.2, 0.25) is 0 Å². The van der Waals surface area contributed by atoms with Crippen molar-refractivity contribution >= 4 is 20.8 Å². The molecule has 1 rings (SSSR count). The van der Waals surface area contributed by atoms with E-state index in [0.29, 0.717) is 0 Å². The monoisotopic (exact) mass is 208 g/mol. The molecule has 0 saturated heterocycles. The van der Waals surface area contributed by atoms with E-state index in [9.17, 15) is 0 Å². The van der Waals surface area contributed by atoms with Gasteiger partial charge < -0.3 is 9.47 Å². The van der Waals surface area contributed by atoms with Crippen LogP contribution in [-0.4, -0.2) is 29.7 Å². The number of rotatable bonds is 5. The molecule has 0 unspecified atom stereocenters. The van der Waals surface area contributed by atoms with E-state index in [0.717, 1.165) is 5.56 Å². The van der Waals surface area contributed by atoms with Crippen molar-refractivity contribution in [1.82, 2.24) is 0 Å². The van der Waals surface area contributed by atoms with Gasteiger partial charge in [-0.2, -0.15) is 0 Å². The van der Waals surface area contributed by atoms with E-state index in [1.807, 2.05) is 18.2 Å². The van der Waals surface area contributed by atoms with Crippen molar-refractivity contribution in [2.75, 3.05) is 14.2 Å². The van der Waals surface area contributed by atoms with Crippen molar-refractivity contribution in [2.45, 2.75) is 5.91 Å². The molecule has 0 aliphatic rings. The largest absolute Gasteiger partial charge is 0.360 e. The highest BCUT2D eigenvalue weighted by Crippen LogP contribution is 1.98. The maximum Gasteiger partial charge on any atom is 0.139 e. The van der Waals surface area contributed by atoms with Gasteiger partial charge in [0, 0.05) is 14.2 Å². The maximum atomic E-state index is 5.19. The van der Waals surface area contributed by atoms with Gasteiger partial charge in [-0.3, -0.25) is 0 Å². The molecule has 0 fully saturated rings. The van der Waals surface area contributed by atoms with Crippen molar-refractivity contribution in [2.24, 2.45) is 0 Å². The fraction of sp³-hybridized carbons (Fsp3) is 0.273. The standard InChI is InChI=1S/C11H16O2Si/c1-4-9-6-5-7-10(8-9)14-11(12-2)13-3/h4-8,11H,1,14H2,2-3H3. The van der Waals surface area contributed by atoms with Crippen LogP contribution in [0.3, 0.4) is 0 Å². The first-order chi connectivity index (χ1) is 6.80. The van der Waals surface area contributed by atoms with Gasteiger partial charge >= 0.3 is 0 Å².